The quantitative estimate of drug-likeness (QED) is 0.491. The van der Waals surface area contributed by atoms with Gasteiger partial charge in [-0.3, -0.25) is 0 Å². The molecule has 0 aliphatic heterocycles. The fourth-order valence-electron chi connectivity index (χ4n) is 1.09. The van der Waals surface area contributed by atoms with Gasteiger partial charge in [0, 0.05) is 0 Å². The Balaban J connectivity index is 3.55. The van der Waals surface area contributed by atoms with Crippen molar-refractivity contribution in [3.05, 3.63) is 9.42 Å². The van der Waals surface area contributed by atoms with Crippen molar-refractivity contribution in [3.8, 4) is 0 Å². The maximum atomic E-state index is 12.4. The van der Waals surface area contributed by atoms with Gasteiger partial charge in [0.2, 0.25) is 0 Å². The average molecular weight is 369 g/mol. The van der Waals surface area contributed by atoms with Crippen LogP contribution in [-0.4, -0.2) is 37.9 Å². The van der Waals surface area contributed by atoms with E-state index in [2.05, 4.69) is 0 Å². The minimum atomic E-state index is -8.57. The summed E-state index contributed by atoms with van der Waals surface area (Å²) in [6.07, 6.45) is 0. The van der Waals surface area contributed by atoms with Gasteiger partial charge in [0.25, 0.3) is 0 Å². The van der Waals surface area contributed by atoms with Crippen molar-refractivity contribution in [2.24, 2.45) is 0 Å². The molecule has 0 unspecified atom stereocenters. The van der Waals surface area contributed by atoms with Crippen LogP contribution in [-0.2, 0) is 0 Å². The van der Waals surface area contributed by atoms with Crippen LogP contribution in [0, 0.1) is 0 Å². The molecule has 0 heterocycles. The van der Waals surface area contributed by atoms with E-state index in [0.29, 0.717) is 0 Å². The number of allylic oxidation sites excluding steroid dienone is 2. The molecule has 16 heavy (non-hydrogen) atoms. The van der Waals surface area contributed by atoms with Crippen LogP contribution in [0.15, 0.2) is 9.42 Å². The Morgan fingerprint density at radius 1 is 0.750 bits per heavy atom. The monoisotopic (exact) mass is 370 g/mol. The summed E-state index contributed by atoms with van der Waals surface area (Å²) in [5.41, 5.74) is 0. The molecule has 1 aliphatic rings. The fourth-order valence-corrected chi connectivity index (χ4v) is 3.71. The van der Waals surface area contributed by atoms with Crippen LogP contribution >= 0.6 is 0 Å². The number of rotatable bonds is 1. The van der Waals surface area contributed by atoms with Crippen LogP contribution in [0.5, 0.6) is 0 Å². The van der Waals surface area contributed by atoms with Crippen LogP contribution < -0.4 is 0 Å². The van der Waals surface area contributed by atoms with Crippen molar-refractivity contribution in [1.82, 2.24) is 0 Å². The van der Waals surface area contributed by atoms with Gasteiger partial charge in [-0.1, -0.05) is 0 Å². The minimum absolute atomic E-state index is 3.63. The molecule has 0 bridgehead atoms. The van der Waals surface area contributed by atoms with E-state index >= 15 is 0 Å². The second-order valence-electron chi connectivity index (χ2n) is 2.91. The summed E-state index contributed by atoms with van der Waals surface area (Å²) in [6.45, 7) is 0. The molecule has 0 aromatic carbocycles. The van der Waals surface area contributed by atoms with Gasteiger partial charge in [0.05, 0.1) is 0 Å². The third-order valence-corrected chi connectivity index (χ3v) is 5.02. The molecule has 0 fully saturated rings. The Labute approximate surface area is 87.1 Å². The maximum absolute atomic E-state index is 12.4. The zero-order chi connectivity index (χ0) is 13.2. The van der Waals surface area contributed by atoms with Gasteiger partial charge in [-0.2, -0.15) is 0 Å². The number of hydrogen-bond acceptors (Lipinski definition) is 0. The molecule has 0 aromatic rings. The Morgan fingerprint density at radius 3 is 1.25 bits per heavy atom. The second-order valence-corrected chi connectivity index (χ2v) is 7.18. The van der Waals surface area contributed by atoms with E-state index < -0.39 is 47.3 Å². The first-order chi connectivity index (χ1) is 6.78. The van der Waals surface area contributed by atoms with E-state index in [1.165, 1.54) is 0 Å². The van der Waals surface area contributed by atoms with E-state index in [0.717, 1.165) is 0 Å². The molecule has 0 spiro atoms. The van der Waals surface area contributed by atoms with E-state index in [-0.39, 0.29) is 0 Å². The first-order valence-corrected chi connectivity index (χ1v) is 8.05. The topological polar surface area (TPSA) is 0 Å². The SMILES string of the molecule is FC1=[C]([Sn]([F])([F])[F])C(F)(F)C(F)(F)C1(F)F. The normalized spacial score (nSPS) is 27.4. The standard InChI is InChI=1S/C5F7.3FH.Sn/c6-2-1-3(7,8)5(11,12)4(2,9)10;;;;/h;3*1H;/q;;;;+3/p-3. The molecular weight excluding hydrogens is 369 g/mol. The molecule has 0 N–H and O–H groups in total. The summed E-state index contributed by atoms with van der Waals surface area (Å²) >= 11 is -8.57. The van der Waals surface area contributed by atoms with Crippen molar-refractivity contribution < 1.29 is 39.3 Å². The van der Waals surface area contributed by atoms with Gasteiger partial charge in [-0.15, -0.1) is 0 Å². The molecule has 0 saturated carbocycles. The first kappa shape index (κ1) is 13.9. The molecule has 94 valence electrons. The molecule has 11 heteroatoms. The van der Waals surface area contributed by atoms with Crippen molar-refractivity contribution in [3.63, 3.8) is 0 Å². The van der Waals surface area contributed by atoms with Crippen LogP contribution in [0.25, 0.3) is 0 Å². The van der Waals surface area contributed by atoms with Crippen molar-refractivity contribution in [2.45, 2.75) is 17.8 Å². The van der Waals surface area contributed by atoms with E-state index in [9.17, 15) is 39.3 Å². The molecule has 0 atom stereocenters. The van der Waals surface area contributed by atoms with Crippen molar-refractivity contribution in [1.29, 1.82) is 0 Å². The van der Waals surface area contributed by atoms with Crippen LogP contribution in [0.2, 0.25) is 0 Å². The third-order valence-electron chi connectivity index (χ3n) is 1.88. The molecule has 0 nitrogen and oxygen atoms in total. The van der Waals surface area contributed by atoms with Crippen molar-refractivity contribution >= 4 is 20.1 Å². The molecule has 0 amide bonds. The molecule has 0 radical (unpaired) electrons. The van der Waals surface area contributed by atoms with Gasteiger partial charge in [-0.25, -0.2) is 0 Å². The van der Waals surface area contributed by atoms with Gasteiger partial charge >= 0.3 is 86.6 Å². The van der Waals surface area contributed by atoms with E-state index in [1.807, 2.05) is 0 Å². The summed E-state index contributed by atoms with van der Waals surface area (Å²) in [6, 6.07) is 0. The molecular formula is C5F10Sn. The van der Waals surface area contributed by atoms with Crippen molar-refractivity contribution in [2.75, 3.05) is 0 Å². The van der Waals surface area contributed by atoms with E-state index in [4.69, 9.17) is 0 Å². The Bertz CT molecular complexity index is 349. The number of hydrogen-bond donors (Lipinski definition) is 0. The average Bonchev–Trinajstić information content (AvgIpc) is 2.06. The predicted molar refractivity (Wildman–Crippen MR) is 32.1 cm³/mol. The van der Waals surface area contributed by atoms with Crippen LogP contribution in [0.1, 0.15) is 0 Å². The fraction of sp³-hybridized carbons (Fsp3) is 0.600. The molecule has 1 aliphatic carbocycles. The number of halogens is 10. The van der Waals surface area contributed by atoms with Gasteiger partial charge in [0.1, 0.15) is 0 Å². The molecule has 0 saturated heterocycles. The Morgan fingerprint density at radius 2 is 1.12 bits per heavy atom. The van der Waals surface area contributed by atoms with Gasteiger partial charge < -0.3 is 0 Å². The second kappa shape index (κ2) is 3.19. The number of alkyl halides is 6. The summed E-state index contributed by atoms with van der Waals surface area (Å²) in [5.74, 6) is -22.5. The summed E-state index contributed by atoms with van der Waals surface area (Å²) < 4.78 is 119. The van der Waals surface area contributed by atoms with E-state index in [1.54, 1.807) is 0 Å². The summed E-state index contributed by atoms with van der Waals surface area (Å²) in [4.78, 5) is 0. The predicted octanol–water partition coefficient (Wildman–Crippen LogP) is 3.52. The summed E-state index contributed by atoms with van der Waals surface area (Å²) in [7, 11) is 0. The first-order valence-electron chi connectivity index (χ1n) is 3.39. The molecule has 1 rings (SSSR count). The van der Waals surface area contributed by atoms with Crippen LogP contribution in [0.4, 0.5) is 39.3 Å². The van der Waals surface area contributed by atoms with Gasteiger partial charge in [0.15, 0.2) is 0 Å². The Kier molecular flexibility index (Phi) is 2.77. The Hall–Kier alpha value is -0.161. The van der Waals surface area contributed by atoms with Crippen LogP contribution in [0.3, 0.4) is 0 Å². The summed E-state index contributed by atoms with van der Waals surface area (Å²) in [5, 5.41) is 0. The third kappa shape index (κ3) is 1.44. The van der Waals surface area contributed by atoms with Gasteiger partial charge in [-0.05, 0) is 0 Å². The molecule has 0 aromatic heterocycles. The zero-order valence-electron chi connectivity index (χ0n) is 6.78. The zero-order valence-corrected chi connectivity index (χ0v) is 9.63.